The Morgan fingerprint density at radius 3 is 2.52 bits per heavy atom. The molecule has 0 aliphatic carbocycles. The maximum absolute atomic E-state index is 12.1. The highest BCUT2D eigenvalue weighted by atomic mass is 16.5. The van der Waals surface area contributed by atoms with Gasteiger partial charge in [-0.2, -0.15) is 0 Å². The number of likely N-dealkylation sites (tertiary alicyclic amines) is 2. The smallest absolute Gasteiger partial charge is 0.237 e. The van der Waals surface area contributed by atoms with Crippen molar-refractivity contribution in [3.63, 3.8) is 0 Å². The van der Waals surface area contributed by atoms with Crippen LogP contribution in [0.2, 0.25) is 0 Å². The van der Waals surface area contributed by atoms with Crippen LogP contribution in [-0.2, 0) is 16.1 Å². The molecule has 1 aromatic carbocycles. The number of primary amides is 1. The summed E-state index contributed by atoms with van der Waals surface area (Å²) in [6.07, 6.45) is 3.58. The number of benzene rings is 1. The van der Waals surface area contributed by atoms with Crippen molar-refractivity contribution in [1.82, 2.24) is 9.80 Å². The number of ether oxygens (including phenoxy) is 1. The van der Waals surface area contributed by atoms with E-state index in [0.29, 0.717) is 13.0 Å². The number of nitrogens with two attached hydrogens (primary N) is 1. The molecule has 6 heteroatoms. The summed E-state index contributed by atoms with van der Waals surface area (Å²) in [5.41, 5.74) is 9.30. The van der Waals surface area contributed by atoms with Gasteiger partial charge in [0.2, 0.25) is 11.8 Å². The second kappa shape index (κ2) is 7.89. The summed E-state index contributed by atoms with van der Waals surface area (Å²) in [7, 11) is 1.71. The van der Waals surface area contributed by atoms with Crippen molar-refractivity contribution in [2.24, 2.45) is 11.1 Å². The van der Waals surface area contributed by atoms with Gasteiger partial charge < -0.3 is 15.4 Å². The zero-order chi connectivity index (χ0) is 19.6. The van der Waals surface area contributed by atoms with E-state index in [1.54, 1.807) is 12.0 Å². The van der Waals surface area contributed by atoms with Crippen LogP contribution in [-0.4, -0.2) is 54.9 Å². The Morgan fingerprint density at radius 2 is 1.89 bits per heavy atom. The second-order valence-corrected chi connectivity index (χ2v) is 8.17. The minimum atomic E-state index is -0.428. The van der Waals surface area contributed by atoms with E-state index in [0.717, 1.165) is 44.6 Å². The molecular weight excluding hydrogens is 342 g/mol. The van der Waals surface area contributed by atoms with Crippen LogP contribution in [0.4, 0.5) is 0 Å². The second-order valence-electron chi connectivity index (χ2n) is 8.17. The van der Waals surface area contributed by atoms with E-state index in [2.05, 4.69) is 30.9 Å². The lowest BCUT2D eigenvalue weighted by Gasteiger charge is -2.47. The molecule has 148 valence electrons. The van der Waals surface area contributed by atoms with E-state index < -0.39 is 5.91 Å². The standard InChI is InChI=1S/C21H31N3O3/c1-15-16(2)18(27-3)5-4-17(15)12-23-10-8-21(9-11-23)7-6-20(26)24(14-21)13-19(22)25/h4-5H,6-14H2,1-3H3,(H2,22,25). The molecule has 1 aromatic rings. The SMILES string of the molecule is COc1ccc(CN2CCC3(CCC(=O)N(CC(N)=O)C3)CC2)c(C)c1C. The Bertz CT molecular complexity index is 724. The van der Waals surface area contributed by atoms with Crippen molar-refractivity contribution < 1.29 is 14.3 Å². The van der Waals surface area contributed by atoms with Crippen LogP contribution < -0.4 is 10.5 Å². The summed E-state index contributed by atoms with van der Waals surface area (Å²) < 4.78 is 5.41. The fraction of sp³-hybridized carbons (Fsp3) is 0.619. The number of amides is 2. The van der Waals surface area contributed by atoms with Gasteiger partial charge in [0.05, 0.1) is 13.7 Å². The molecule has 0 saturated carbocycles. The maximum atomic E-state index is 12.1. The first kappa shape index (κ1) is 19.7. The molecule has 1 spiro atoms. The third kappa shape index (κ3) is 4.26. The molecule has 27 heavy (non-hydrogen) atoms. The van der Waals surface area contributed by atoms with Crippen LogP contribution in [0.15, 0.2) is 12.1 Å². The number of methoxy groups -OCH3 is 1. The van der Waals surface area contributed by atoms with Crippen LogP contribution in [0.25, 0.3) is 0 Å². The summed E-state index contributed by atoms with van der Waals surface area (Å²) in [6, 6.07) is 4.22. The van der Waals surface area contributed by atoms with Crippen molar-refractivity contribution in [3.05, 3.63) is 28.8 Å². The summed E-state index contributed by atoms with van der Waals surface area (Å²) in [5.74, 6) is 0.574. The Hall–Kier alpha value is -2.08. The fourth-order valence-corrected chi connectivity index (χ4v) is 4.51. The van der Waals surface area contributed by atoms with Gasteiger partial charge in [-0.3, -0.25) is 14.5 Å². The summed E-state index contributed by atoms with van der Waals surface area (Å²) >= 11 is 0. The van der Waals surface area contributed by atoms with Gasteiger partial charge in [-0.05, 0) is 74.4 Å². The van der Waals surface area contributed by atoms with Crippen molar-refractivity contribution in [2.45, 2.75) is 46.1 Å². The van der Waals surface area contributed by atoms with Gasteiger partial charge in [0.1, 0.15) is 5.75 Å². The van der Waals surface area contributed by atoms with Crippen molar-refractivity contribution in [3.8, 4) is 5.75 Å². The van der Waals surface area contributed by atoms with Gasteiger partial charge in [0.15, 0.2) is 0 Å². The van der Waals surface area contributed by atoms with Gasteiger partial charge in [-0.25, -0.2) is 0 Å². The van der Waals surface area contributed by atoms with Crippen molar-refractivity contribution in [2.75, 3.05) is 33.3 Å². The van der Waals surface area contributed by atoms with Crippen LogP contribution in [0.1, 0.15) is 42.4 Å². The minimum absolute atomic E-state index is 0.0502. The highest BCUT2D eigenvalue weighted by molar-refractivity contribution is 5.84. The third-order valence-corrected chi connectivity index (χ3v) is 6.48. The first-order valence-electron chi connectivity index (χ1n) is 9.75. The molecule has 0 bridgehead atoms. The van der Waals surface area contributed by atoms with Crippen LogP contribution in [0, 0.1) is 19.3 Å². The average Bonchev–Trinajstić information content (AvgIpc) is 2.64. The molecule has 2 fully saturated rings. The first-order chi connectivity index (χ1) is 12.8. The predicted octanol–water partition coefficient (Wildman–Crippen LogP) is 2.00. The molecule has 2 aliphatic rings. The number of carbonyl (C=O) groups excluding carboxylic acids is 2. The van der Waals surface area contributed by atoms with Gasteiger partial charge in [-0.1, -0.05) is 6.07 Å². The molecule has 2 heterocycles. The molecule has 0 atom stereocenters. The number of piperidine rings is 2. The molecule has 2 N–H and O–H groups in total. The van der Waals surface area contributed by atoms with Crippen LogP contribution >= 0.6 is 0 Å². The van der Waals surface area contributed by atoms with E-state index in [4.69, 9.17) is 10.5 Å². The van der Waals surface area contributed by atoms with Gasteiger partial charge in [-0.15, -0.1) is 0 Å². The Morgan fingerprint density at radius 1 is 1.19 bits per heavy atom. The quantitative estimate of drug-likeness (QED) is 0.857. The predicted molar refractivity (Wildman–Crippen MR) is 104 cm³/mol. The Labute approximate surface area is 161 Å². The molecule has 2 saturated heterocycles. The molecule has 6 nitrogen and oxygen atoms in total. The minimum Gasteiger partial charge on any atom is -0.496 e. The average molecular weight is 373 g/mol. The van der Waals surface area contributed by atoms with Gasteiger partial charge >= 0.3 is 0 Å². The highest BCUT2D eigenvalue weighted by Crippen LogP contribution is 2.40. The largest absolute Gasteiger partial charge is 0.496 e. The topological polar surface area (TPSA) is 75.9 Å². The number of rotatable bonds is 5. The van der Waals surface area contributed by atoms with E-state index in [1.165, 1.54) is 16.7 Å². The number of hydrogen-bond acceptors (Lipinski definition) is 4. The van der Waals surface area contributed by atoms with Gasteiger partial charge in [0.25, 0.3) is 0 Å². The lowest BCUT2D eigenvalue weighted by Crippen LogP contribution is -2.53. The monoisotopic (exact) mass is 373 g/mol. The number of carbonyl (C=O) groups is 2. The lowest BCUT2D eigenvalue weighted by molar-refractivity contribution is -0.142. The van der Waals surface area contributed by atoms with Crippen LogP contribution in [0.5, 0.6) is 5.75 Å². The fourth-order valence-electron chi connectivity index (χ4n) is 4.51. The summed E-state index contributed by atoms with van der Waals surface area (Å²) in [4.78, 5) is 27.5. The Kier molecular flexibility index (Phi) is 5.75. The number of hydrogen-bond donors (Lipinski definition) is 1. The molecule has 0 unspecified atom stereocenters. The van der Waals surface area contributed by atoms with Crippen LogP contribution in [0.3, 0.4) is 0 Å². The summed E-state index contributed by atoms with van der Waals surface area (Å²) in [5, 5.41) is 0. The Balaban J connectivity index is 1.61. The molecule has 0 aromatic heterocycles. The molecule has 0 radical (unpaired) electrons. The van der Waals surface area contributed by atoms with E-state index in [1.807, 2.05) is 0 Å². The van der Waals surface area contributed by atoms with Crippen molar-refractivity contribution >= 4 is 11.8 Å². The molecule has 3 rings (SSSR count). The zero-order valence-corrected chi connectivity index (χ0v) is 16.7. The third-order valence-electron chi connectivity index (χ3n) is 6.48. The van der Waals surface area contributed by atoms with Gasteiger partial charge in [0, 0.05) is 19.5 Å². The normalized spacial score (nSPS) is 20.1. The molecule has 2 amide bonds. The van der Waals surface area contributed by atoms with E-state index >= 15 is 0 Å². The summed E-state index contributed by atoms with van der Waals surface area (Å²) in [6.45, 7) is 7.96. The van der Waals surface area contributed by atoms with Crippen molar-refractivity contribution in [1.29, 1.82) is 0 Å². The highest BCUT2D eigenvalue weighted by Gasteiger charge is 2.41. The number of nitrogens with zero attached hydrogens (tertiary/aromatic N) is 2. The zero-order valence-electron chi connectivity index (χ0n) is 16.7. The first-order valence-corrected chi connectivity index (χ1v) is 9.75. The lowest BCUT2D eigenvalue weighted by atomic mass is 9.72. The molecule has 2 aliphatic heterocycles. The maximum Gasteiger partial charge on any atom is 0.237 e. The molecular formula is C21H31N3O3. The van der Waals surface area contributed by atoms with E-state index in [-0.39, 0.29) is 17.9 Å². The van der Waals surface area contributed by atoms with E-state index in [9.17, 15) is 9.59 Å².